The van der Waals surface area contributed by atoms with E-state index < -0.39 is 30.4 Å². The third-order valence-corrected chi connectivity index (χ3v) is 4.72. The van der Waals surface area contributed by atoms with Crippen molar-refractivity contribution in [3.63, 3.8) is 0 Å². The van der Waals surface area contributed by atoms with E-state index in [1.54, 1.807) is 12.4 Å². The first kappa shape index (κ1) is 21.1. The van der Waals surface area contributed by atoms with Crippen LogP contribution in [0.15, 0.2) is 31.1 Å². The van der Waals surface area contributed by atoms with E-state index in [9.17, 15) is 15.0 Å². The molecular formula is C19H23N7O5. The summed E-state index contributed by atoms with van der Waals surface area (Å²) >= 11 is 0. The number of hydrogen-bond donors (Lipinski definition) is 4. The molecule has 3 aromatic rings. The lowest BCUT2D eigenvalue weighted by molar-refractivity contribution is -0.111. The molecule has 1 saturated heterocycles. The van der Waals surface area contributed by atoms with E-state index in [2.05, 4.69) is 30.2 Å². The molecule has 164 valence electrons. The molecule has 1 aliphatic rings. The second kappa shape index (κ2) is 8.89. The second-order valence-corrected chi connectivity index (χ2v) is 7.27. The van der Waals surface area contributed by atoms with Crippen LogP contribution in [0.3, 0.4) is 0 Å². The van der Waals surface area contributed by atoms with Gasteiger partial charge in [0.2, 0.25) is 5.91 Å². The summed E-state index contributed by atoms with van der Waals surface area (Å²) in [6, 6.07) is 0. The van der Waals surface area contributed by atoms with Crippen molar-refractivity contribution in [3.8, 4) is 0 Å². The summed E-state index contributed by atoms with van der Waals surface area (Å²) in [4.78, 5) is 31.6. The van der Waals surface area contributed by atoms with Crippen LogP contribution in [0.1, 0.15) is 25.9 Å². The van der Waals surface area contributed by atoms with Crippen LogP contribution in [0, 0.1) is 0 Å². The number of nitrogens with zero attached hydrogens (tertiary/aromatic N) is 5. The fraction of sp³-hybridized carbons (Fsp3) is 0.421. The van der Waals surface area contributed by atoms with Gasteiger partial charge in [0, 0.05) is 18.5 Å². The molecule has 0 bridgehead atoms. The summed E-state index contributed by atoms with van der Waals surface area (Å²) in [5, 5.41) is 23.5. The van der Waals surface area contributed by atoms with Crippen LogP contribution in [-0.4, -0.2) is 76.6 Å². The summed E-state index contributed by atoms with van der Waals surface area (Å²) in [6.07, 6.45) is 4.74. The summed E-state index contributed by atoms with van der Waals surface area (Å²) in [5.74, 6) is 0.309. The Morgan fingerprint density at radius 3 is 2.90 bits per heavy atom. The SMILES string of the molecule is CC(C)OC[C@H]1O[C@@H](n2cnc3c(NC(=O)/C=C/c4ncc[nH]4)ncnc32)[C@H](O)[C@@H]1O. The van der Waals surface area contributed by atoms with E-state index in [0.717, 1.165) is 0 Å². The van der Waals surface area contributed by atoms with Gasteiger partial charge in [-0.3, -0.25) is 9.36 Å². The highest BCUT2D eigenvalue weighted by atomic mass is 16.6. The molecule has 0 spiro atoms. The number of aliphatic hydroxyl groups excluding tert-OH is 2. The smallest absolute Gasteiger partial charge is 0.249 e. The highest BCUT2D eigenvalue weighted by molar-refractivity contribution is 6.04. The predicted octanol–water partition coefficient (Wildman–Crippen LogP) is 0.245. The fourth-order valence-electron chi connectivity index (χ4n) is 3.20. The number of hydrogen-bond acceptors (Lipinski definition) is 9. The second-order valence-electron chi connectivity index (χ2n) is 7.27. The maximum absolute atomic E-state index is 12.2. The van der Waals surface area contributed by atoms with E-state index in [1.165, 1.54) is 29.4 Å². The lowest BCUT2D eigenvalue weighted by Gasteiger charge is -2.17. The van der Waals surface area contributed by atoms with E-state index in [1.807, 2.05) is 13.8 Å². The Morgan fingerprint density at radius 1 is 1.32 bits per heavy atom. The summed E-state index contributed by atoms with van der Waals surface area (Å²) in [5.41, 5.74) is 0.649. The fourth-order valence-corrected chi connectivity index (χ4v) is 3.20. The number of nitrogens with one attached hydrogen (secondary N) is 2. The molecule has 1 amide bonds. The largest absolute Gasteiger partial charge is 0.387 e. The molecule has 0 aromatic carbocycles. The molecule has 4 rings (SSSR count). The number of amides is 1. The zero-order valence-electron chi connectivity index (χ0n) is 16.9. The maximum atomic E-state index is 12.2. The minimum Gasteiger partial charge on any atom is -0.387 e. The number of H-pyrrole nitrogens is 1. The van der Waals surface area contributed by atoms with Crippen molar-refractivity contribution in [2.24, 2.45) is 0 Å². The number of aliphatic hydroxyl groups is 2. The monoisotopic (exact) mass is 429 g/mol. The van der Waals surface area contributed by atoms with Crippen molar-refractivity contribution in [3.05, 3.63) is 36.9 Å². The Hall–Kier alpha value is -3.19. The van der Waals surface area contributed by atoms with E-state index in [0.29, 0.717) is 17.0 Å². The van der Waals surface area contributed by atoms with Crippen LogP contribution in [0.2, 0.25) is 0 Å². The Bertz CT molecular complexity index is 1060. The van der Waals surface area contributed by atoms with Crippen LogP contribution in [0.4, 0.5) is 5.82 Å². The lowest BCUT2D eigenvalue weighted by atomic mass is 10.1. The van der Waals surface area contributed by atoms with Gasteiger partial charge in [-0.2, -0.15) is 0 Å². The number of anilines is 1. The molecule has 0 saturated carbocycles. The molecule has 4 atom stereocenters. The number of rotatable bonds is 7. The van der Waals surface area contributed by atoms with Gasteiger partial charge in [0.1, 0.15) is 30.5 Å². The van der Waals surface area contributed by atoms with Gasteiger partial charge in [0.15, 0.2) is 23.2 Å². The van der Waals surface area contributed by atoms with E-state index in [-0.39, 0.29) is 18.5 Å². The van der Waals surface area contributed by atoms with Crippen LogP contribution in [-0.2, 0) is 14.3 Å². The molecule has 0 unspecified atom stereocenters. The van der Waals surface area contributed by atoms with Crippen molar-refractivity contribution in [2.75, 3.05) is 11.9 Å². The Labute approximate surface area is 177 Å². The van der Waals surface area contributed by atoms with Crippen molar-refractivity contribution in [1.29, 1.82) is 0 Å². The number of carbonyl (C=O) groups is 1. The van der Waals surface area contributed by atoms with Crippen molar-refractivity contribution < 1.29 is 24.5 Å². The van der Waals surface area contributed by atoms with E-state index in [4.69, 9.17) is 9.47 Å². The van der Waals surface area contributed by atoms with Gasteiger partial charge in [-0.1, -0.05) is 0 Å². The maximum Gasteiger partial charge on any atom is 0.249 e. The summed E-state index contributed by atoms with van der Waals surface area (Å²) < 4.78 is 12.8. The molecule has 1 aliphatic heterocycles. The average molecular weight is 429 g/mol. The van der Waals surface area contributed by atoms with Gasteiger partial charge >= 0.3 is 0 Å². The van der Waals surface area contributed by atoms with Gasteiger partial charge in [0.25, 0.3) is 0 Å². The van der Waals surface area contributed by atoms with Gasteiger partial charge in [-0.05, 0) is 19.9 Å². The predicted molar refractivity (Wildman–Crippen MR) is 109 cm³/mol. The Morgan fingerprint density at radius 2 is 2.16 bits per heavy atom. The van der Waals surface area contributed by atoms with Gasteiger partial charge < -0.3 is 30.0 Å². The molecule has 12 heteroatoms. The van der Waals surface area contributed by atoms with Crippen LogP contribution < -0.4 is 5.32 Å². The normalized spacial score (nSPS) is 23.9. The van der Waals surface area contributed by atoms with Crippen LogP contribution >= 0.6 is 0 Å². The number of ether oxygens (including phenoxy) is 2. The number of carbonyl (C=O) groups excluding carboxylic acids is 1. The number of imidazole rings is 2. The molecule has 3 aromatic heterocycles. The topological polar surface area (TPSA) is 160 Å². The number of aromatic amines is 1. The number of fused-ring (bicyclic) bond motifs is 1. The van der Waals surface area contributed by atoms with Crippen molar-refractivity contribution in [2.45, 2.75) is 44.5 Å². The highest BCUT2D eigenvalue weighted by Gasteiger charge is 2.44. The summed E-state index contributed by atoms with van der Waals surface area (Å²) in [7, 11) is 0. The molecule has 31 heavy (non-hydrogen) atoms. The quantitative estimate of drug-likeness (QED) is 0.386. The molecular weight excluding hydrogens is 406 g/mol. The zero-order valence-corrected chi connectivity index (χ0v) is 16.9. The lowest BCUT2D eigenvalue weighted by Crippen LogP contribution is -2.34. The first-order valence-corrected chi connectivity index (χ1v) is 9.73. The first-order chi connectivity index (χ1) is 14.9. The molecule has 0 radical (unpaired) electrons. The minimum absolute atomic E-state index is 0.0400. The Balaban J connectivity index is 1.53. The van der Waals surface area contributed by atoms with Crippen LogP contribution in [0.25, 0.3) is 17.2 Å². The van der Waals surface area contributed by atoms with Crippen molar-refractivity contribution in [1.82, 2.24) is 29.5 Å². The van der Waals surface area contributed by atoms with Crippen LogP contribution in [0.5, 0.6) is 0 Å². The van der Waals surface area contributed by atoms with E-state index >= 15 is 0 Å². The molecule has 1 fully saturated rings. The molecule has 4 N–H and O–H groups in total. The summed E-state index contributed by atoms with van der Waals surface area (Å²) in [6.45, 7) is 3.88. The standard InChI is InChI=1S/C19H23N7O5/c1-10(2)30-7-11-15(28)16(29)19(31-11)26-9-24-14-17(22-8-23-18(14)26)25-13(27)4-3-12-20-5-6-21-12/h3-6,8-11,15-16,19,28-29H,7H2,1-2H3,(H,20,21)(H,22,23,25,27)/b4-3+/t11-,15-,16-,19-/m1/s1. The highest BCUT2D eigenvalue weighted by Crippen LogP contribution is 2.32. The average Bonchev–Trinajstić information content (AvgIpc) is 3.47. The third-order valence-electron chi connectivity index (χ3n) is 4.72. The zero-order chi connectivity index (χ0) is 22.0. The molecule has 12 nitrogen and oxygen atoms in total. The first-order valence-electron chi connectivity index (χ1n) is 9.73. The third kappa shape index (κ3) is 4.46. The van der Waals surface area contributed by atoms with Gasteiger partial charge in [-0.15, -0.1) is 0 Å². The minimum atomic E-state index is -1.21. The molecule has 4 heterocycles. The Kier molecular flexibility index (Phi) is 6.04. The van der Waals surface area contributed by atoms with Gasteiger partial charge in [0.05, 0.1) is 19.0 Å². The number of aromatic nitrogens is 6. The van der Waals surface area contributed by atoms with Gasteiger partial charge in [-0.25, -0.2) is 19.9 Å². The van der Waals surface area contributed by atoms with Crippen molar-refractivity contribution >= 4 is 29.0 Å². The molecule has 0 aliphatic carbocycles.